The summed E-state index contributed by atoms with van der Waals surface area (Å²) in [5, 5.41) is 6.87. The standard InChI is InChI=1S/C23H33N5O/c1-3-24-23(27-17-21-11-8-14-28(21)4-2)26-16-19-9-7-12-22(15-19)29-18-20-10-5-6-13-25-20/h5-7,9-10,12-13,15,21H,3-4,8,11,14,16-18H2,1-2H3,(H2,24,26,27). The summed E-state index contributed by atoms with van der Waals surface area (Å²) >= 11 is 0. The number of hydrogen-bond acceptors (Lipinski definition) is 4. The fourth-order valence-electron chi connectivity index (χ4n) is 3.64. The number of aliphatic imine (C=N–C) groups is 1. The molecule has 1 unspecified atom stereocenters. The van der Waals surface area contributed by atoms with Crippen LogP contribution in [-0.4, -0.2) is 48.1 Å². The van der Waals surface area contributed by atoms with Crippen LogP contribution in [0.5, 0.6) is 5.75 Å². The van der Waals surface area contributed by atoms with Crippen LogP contribution < -0.4 is 15.4 Å². The number of benzene rings is 1. The molecule has 2 N–H and O–H groups in total. The first-order chi connectivity index (χ1) is 14.3. The number of likely N-dealkylation sites (tertiary alicyclic amines) is 1. The summed E-state index contributed by atoms with van der Waals surface area (Å²) < 4.78 is 5.88. The second kappa shape index (κ2) is 11.4. The fourth-order valence-corrected chi connectivity index (χ4v) is 3.64. The molecule has 1 atom stereocenters. The van der Waals surface area contributed by atoms with Gasteiger partial charge in [-0.25, -0.2) is 4.99 Å². The Kier molecular flexibility index (Phi) is 8.31. The lowest BCUT2D eigenvalue weighted by Crippen LogP contribution is -2.44. The second-order valence-electron chi connectivity index (χ2n) is 7.26. The minimum absolute atomic E-state index is 0.465. The van der Waals surface area contributed by atoms with E-state index in [2.05, 4.69) is 40.4 Å². The smallest absolute Gasteiger partial charge is 0.191 e. The van der Waals surface area contributed by atoms with Crippen molar-refractivity contribution in [1.29, 1.82) is 0 Å². The van der Waals surface area contributed by atoms with Crippen molar-refractivity contribution in [2.45, 2.75) is 45.9 Å². The van der Waals surface area contributed by atoms with E-state index in [1.807, 2.05) is 36.4 Å². The molecular formula is C23H33N5O. The zero-order valence-electron chi connectivity index (χ0n) is 17.6. The predicted molar refractivity (Wildman–Crippen MR) is 118 cm³/mol. The van der Waals surface area contributed by atoms with Gasteiger partial charge in [0.2, 0.25) is 0 Å². The first-order valence-corrected chi connectivity index (χ1v) is 10.7. The van der Waals surface area contributed by atoms with Gasteiger partial charge in [0.1, 0.15) is 12.4 Å². The van der Waals surface area contributed by atoms with Gasteiger partial charge in [0.25, 0.3) is 0 Å². The van der Waals surface area contributed by atoms with Gasteiger partial charge in [0.15, 0.2) is 5.96 Å². The van der Waals surface area contributed by atoms with Crippen LogP contribution >= 0.6 is 0 Å². The largest absolute Gasteiger partial charge is 0.487 e. The third-order valence-corrected chi connectivity index (χ3v) is 5.19. The molecule has 2 heterocycles. The van der Waals surface area contributed by atoms with Crippen molar-refractivity contribution in [3.63, 3.8) is 0 Å². The van der Waals surface area contributed by atoms with Crippen molar-refractivity contribution in [1.82, 2.24) is 20.5 Å². The summed E-state index contributed by atoms with van der Waals surface area (Å²) in [6, 6.07) is 14.6. The summed E-state index contributed by atoms with van der Waals surface area (Å²) in [5.74, 6) is 1.71. The lowest BCUT2D eigenvalue weighted by atomic mass is 10.2. The van der Waals surface area contributed by atoms with Gasteiger partial charge in [-0.1, -0.05) is 25.1 Å². The van der Waals surface area contributed by atoms with Gasteiger partial charge in [-0.15, -0.1) is 0 Å². The maximum absolute atomic E-state index is 5.88. The van der Waals surface area contributed by atoms with Crippen LogP contribution in [0.4, 0.5) is 0 Å². The third-order valence-electron chi connectivity index (χ3n) is 5.19. The number of aromatic nitrogens is 1. The maximum Gasteiger partial charge on any atom is 0.191 e. The molecule has 0 radical (unpaired) electrons. The zero-order valence-corrected chi connectivity index (χ0v) is 17.6. The van der Waals surface area contributed by atoms with Crippen LogP contribution in [0.2, 0.25) is 0 Å². The fraction of sp³-hybridized carbons (Fsp3) is 0.478. The van der Waals surface area contributed by atoms with E-state index in [0.29, 0.717) is 19.2 Å². The number of pyridine rings is 1. The van der Waals surface area contributed by atoms with E-state index in [1.54, 1.807) is 6.20 Å². The van der Waals surface area contributed by atoms with Crippen molar-refractivity contribution in [3.05, 3.63) is 59.9 Å². The Hall–Kier alpha value is -2.60. The summed E-state index contributed by atoms with van der Waals surface area (Å²) in [4.78, 5) is 11.6. The van der Waals surface area contributed by atoms with Gasteiger partial charge in [0.05, 0.1) is 12.2 Å². The van der Waals surface area contributed by atoms with Crippen molar-refractivity contribution >= 4 is 5.96 Å². The molecule has 29 heavy (non-hydrogen) atoms. The first kappa shape index (κ1) is 21.1. The van der Waals surface area contributed by atoms with E-state index in [0.717, 1.165) is 42.6 Å². The average molecular weight is 396 g/mol. The number of nitrogens with one attached hydrogen (secondary N) is 2. The molecule has 156 valence electrons. The Bertz CT molecular complexity index is 765. The van der Waals surface area contributed by atoms with Crippen LogP contribution in [0, 0.1) is 0 Å². The zero-order chi connectivity index (χ0) is 20.3. The molecule has 1 fully saturated rings. The topological polar surface area (TPSA) is 61.8 Å². The van der Waals surface area contributed by atoms with Gasteiger partial charge in [-0.2, -0.15) is 0 Å². The molecular weight excluding hydrogens is 362 g/mol. The van der Waals surface area contributed by atoms with Crippen molar-refractivity contribution < 1.29 is 4.74 Å². The molecule has 1 aliphatic heterocycles. The van der Waals surface area contributed by atoms with Crippen LogP contribution in [0.25, 0.3) is 0 Å². The van der Waals surface area contributed by atoms with Gasteiger partial charge in [-0.3, -0.25) is 9.88 Å². The van der Waals surface area contributed by atoms with Crippen LogP contribution in [0.3, 0.4) is 0 Å². The highest BCUT2D eigenvalue weighted by atomic mass is 16.5. The van der Waals surface area contributed by atoms with E-state index < -0.39 is 0 Å². The van der Waals surface area contributed by atoms with Gasteiger partial charge in [0, 0.05) is 25.3 Å². The predicted octanol–water partition coefficient (Wildman–Crippen LogP) is 3.20. The SMILES string of the molecule is CCNC(=NCc1cccc(OCc2ccccn2)c1)NCC1CCCN1CC. The third kappa shape index (κ3) is 6.75. The maximum atomic E-state index is 5.88. The molecule has 0 bridgehead atoms. The van der Waals surface area contributed by atoms with Crippen molar-refractivity contribution in [3.8, 4) is 5.75 Å². The summed E-state index contributed by atoms with van der Waals surface area (Å²) in [6.45, 7) is 9.52. The highest BCUT2D eigenvalue weighted by Crippen LogP contribution is 2.16. The Balaban J connectivity index is 1.54. The highest BCUT2D eigenvalue weighted by molar-refractivity contribution is 5.79. The van der Waals surface area contributed by atoms with Crippen LogP contribution in [0.1, 0.15) is 37.9 Å². The minimum atomic E-state index is 0.465. The molecule has 2 aromatic rings. The Morgan fingerprint density at radius 1 is 1.21 bits per heavy atom. The lowest BCUT2D eigenvalue weighted by molar-refractivity contribution is 0.267. The molecule has 6 nitrogen and oxygen atoms in total. The molecule has 0 amide bonds. The van der Waals surface area contributed by atoms with E-state index in [1.165, 1.54) is 19.4 Å². The number of ether oxygens (including phenoxy) is 1. The number of guanidine groups is 1. The van der Waals surface area contributed by atoms with Crippen LogP contribution in [-0.2, 0) is 13.2 Å². The molecule has 0 spiro atoms. The molecule has 6 heteroatoms. The quantitative estimate of drug-likeness (QED) is 0.504. The number of nitrogens with zero attached hydrogens (tertiary/aromatic N) is 3. The molecule has 1 aliphatic rings. The number of hydrogen-bond donors (Lipinski definition) is 2. The summed E-state index contributed by atoms with van der Waals surface area (Å²) in [6.07, 6.45) is 4.33. The van der Waals surface area contributed by atoms with Gasteiger partial charge in [-0.05, 0) is 62.7 Å². The molecule has 1 aromatic carbocycles. The summed E-state index contributed by atoms with van der Waals surface area (Å²) in [5.41, 5.74) is 2.04. The van der Waals surface area contributed by atoms with Gasteiger partial charge >= 0.3 is 0 Å². The number of likely N-dealkylation sites (N-methyl/N-ethyl adjacent to an activating group) is 1. The Morgan fingerprint density at radius 2 is 2.14 bits per heavy atom. The molecule has 1 aromatic heterocycles. The normalized spacial score (nSPS) is 17.3. The average Bonchev–Trinajstić information content (AvgIpc) is 3.23. The van der Waals surface area contributed by atoms with Gasteiger partial charge < -0.3 is 15.4 Å². The van der Waals surface area contributed by atoms with E-state index in [-0.39, 0.29) is 0 Å². The van der Waals surface area contributed by atoms with E-state index >= 15 is 0 Å². The molecule has 0 saturated carbocycles. The lowest BCUT2D eigenvalue weighted by Gasteiger charge is -2.24. The monoisotopic (exact) mass is 395 g/mol. The van der Waals surface area contributed by atoms with Crippen molar-refractivity contribution in [2.75, 3.05) is 26.2 Å². The Morgan fingerprint density at radius 3 is 2.93 bits per heavy atom. The van der Waals surface area contributed by atoms with E-state index in [4.69, 9.17) is 9.73 Å². The summed E-state index contributed by atoms with van der Waals surface area (Å²) in [7, 11) is 0. The molecule has 1 saturated heterocycles. The van der Waals surface area contributed by atoms with Crippen LogP contribution in [0.15, 0.2) is 53.7 Å². The molecule has 3 rings (SSSR count). The first-order valence-electron chi connectivity index (χ1n) is 10.7. The highest BCUT2D eigenvalue weighted by Gasteiger charge is 2.22. The minimum Gasteiger partial charge on any atom is -0.487 e. The number of rotatable bonds is 9. The van der Waals surface area contributed by atoms with Crippen molar-refractivity contribution in [2.24, 2.45) is 4.99 Å². The molecule has 0 aliphatic carbocycles. The van der Waals surface area contributed by atoms with E-state index in [9.17, 15) is 0 Å². The Labute approximate surface area is 174 Å². The second-order valence-corrected chi connectivity index (χ2v) is 7.26.